The van der Waals surface area contributed by atoms with Gasteiger partial charge in [-0.15, -0.1) is 11.3 Å². The summed E-state index contributed by atoms with van der Waals surface area (Å²) in [5.41, 5.74) is 0.790. The minimum atomic E-state index is -0.454. The lowest BCUT2D eigenvalue weighted by Crippen LogP contribution is -2.23. The van der Waals surface area contributed by atoms with E-state index < -0.39 is 6.10 Å². The Morgan fingerprint density at radius 2 is 2.25 bits per heavy atom. The van der Waals surface area contributed by atoms with Crippen LogP contribution in [0.5, 0.6) is 0 Å². The van der Waals surface area contributed by atoms with Gasteiger partial charge >= 0.3 is 0 Å². The fraction of sp³-hybridized carbons (Fsp3) is 0.750. The zero-order valence-corrected chi connectivity index (χ0v) is 10.8. The number of anilines is 1. The molecule has 0 saturated heterocycles. The van der Waals surface area contributed by atoms with Gasteiger partial charge in [0.05, 0.1) is 11.8 Å². The largest absolute Gasteiger partial charge is 0.387 e. The van der Waals surface area contributed by atoms with Crippen molar-refractivity contribution in [1.29, 1.82) is 0 Å². The highest BCUT2D eigenvalue weighted by atomic mass is 32.1. The van der Waals surface area contributed by atoms with Gasteiger partial charge in [0, 0.05) is 19.0 Å². The van der Waals surface area contributed by atoms with Gasteiger partial charge in [0.1, 0.15) is 0 Å². The van der Waals surface area contributed by atoms with Gasteiger partial charge in [-0.1, -0.05) is 12.8 Å². The molecule has 0 spiro atoms. The molecule has 1 atom stereocenters. The first kappa shape index (κ1) is 11.9. The van der Waals surface area contributed by atoms with Crippen molar-refractivity contribution in [1.82, 2.24) is 4.98 Å². The summed E-state index contributed by atoms with van der Waals surface area (Å²) in [6.45, 7) is 2.86. The molecule has 0 radical (unpaired) electrons. The number of hydrogen-bond acceptors (Lipinski definition) is 4. The zero-order valence-electron chi connectivity index (χ0n) is 10.0. The van der Waals surface area contributed by atoms with Crippen LogP contribution in [0.4, 0.5) is 5.13 Å². The van der Waals surface area contributed by atoms with Crippen LogP contribution in [0.1, 0.15) is 44.4 Å². The maximum atomic E-state index is 9.43. The van der Waals surface area contributed by atoms with Gasteiger partial charge in [0.25, 0.3) is 0 Å². The lowest BCUT2D eigenvalue weighted by molar-refractivity contribution is 0.195. The number of aliphatic hydroxyl groups is 1. The van der Waals surface area contributed by atoms with E-state index in [1.54, 1.807) is 18.3 Å². The molecule has 1 heterocycles. The molecular formula is C12H20N2OS. The van der Waals surface area contributed by atoms with Gasteiger partial charge < -0.3 is 10.0 Å². The molecule has 3 nitrogen and oxygen atoms in total. The second-order valence-electron chi connectivity index (χ2n) is 4.76. The summed E-state index contributed by atoms with van der Waals surface area (Å²) in [6, 6.07) is 0. The van der Waals surface area contributed by atoms with Crippen LogP contribution in [-0.2, 0) is 0 Å². The molecule has 0 amide bonds. The van der Waals surface area contributed by atoms with Gasteiger partial charge in [0.15, 0.2) is 5.13 Å². The van der Waals surface area contributed by atoms with E-state index in [2.05, 4.69) is 16.9 Å². The topological polar surface area (TPSA) is 36.4 Å². The molecule has 4 heteroatoms. The highest BCUT2D eigenvalue weighted by molar-refractivity contribution is 7.13. The first-order valence-corrected chi connectivity index (χ1v) is 6.89. The molecule has 1 unspecified atom stereocenters. The molecule has 1 aliphatic carbocycles. The van der Waals surface area contributed by atoms with Gasteiger partial charge in [-0.3, -0.25) is 0 Å². The molecular weight excluding hydrogens is 220 g/mol. The first-order valence-electron chi connectivity index (χ1n) is 6.01. The molecule has 16 heavy (non-hydrogen) atoms. The van der Waals surface area contributed by atoms with Gasteiger partial charge in [0.2, 0.25) is 0 Å². The number of rotatable bonds is 4. The predicted molar refractivity (Wildman–Crippen MR) is 68.0 cm³/mol. The Labute approximate surface area is 101 Å². The monoisotopic (exact) mass is 240 g/mol. The van der Waals surface area contributed by atoms with E-state index in [4.69, 9.17) is 0 Å². The molecule has 1 aliphatic rings. The highest BCUT2D eigenvalue weighted by Crippen LogP contribution is 2.28. The smallest absolute Gasteiger partial charge is 0.185 e. The minimum absolute atomic E-state index is 0.454. The molecule has 1 fully saturated rings. The minimum Gasteiger partial charge on any atom is -0.387 e. The van der Waals surface area contributed by atoms with Gasteiger partial charge in [-0.05, 0) is 25.7 Å². The van der Waals surface area contributed by atoms with Crippen LogP contribution < -0.4 is 4.90 Å². The van der Waals surface area contributed by atoms with E-state index in [1.165, 1.54) is 25.7 Å². The quantitative estimate of drug-likeness (QED) is 0.879. The van der Waals surface area contributed by atoms with Gasteiger partial charge in [-0.25, -0.2) is 4.98 Å². The van der Waals surface area contributed by atoms with Crippen LogP contribution in [-0.4, -0.2) is 23.7 Å². The molecule has 90 valence electrons. The number of aliphatic hydroxyl groups excluding tert-OH is 1. The first-order chi connectivity index (χ1) is 7.66. The molecule has 2 rings (SSSR count). The highest BCUT2D eigenvalue weighted by Gasteiger charge is 2.18. The Morgan fingerprint density at radius 1 is 1.56 bits per heavy atom. The van der Waals surface area contributed by atoms with E-state index in [-0.39, 0.29) is 0 Å². The number of nitrogens with zero attached hydrogens (tertiary/aromatic N) is 2. The standard InChI is InChI=1S/C12H20N2OS/c1-9(15)11-8-16-12(13-11)14(2)7-10-5-3-4-6-10/h8-10,15H,3-7H2,1-2H3. The zero-order chi connectivity index (χ0) is 11.5. The average Bonchev–Trinajstić information content (AvgIpc) is 2.86. The fourth-order valence-corrected chi connectivity index (χ4v) is 3.19. The third-order valence-corrected chi connectivity index (χ3v) is 4.24. The van der Waals surface area contributed by atoms with Crippen LogP contribution in [0, 0.1) is 5.92 Å². The normalized spacial score (nSPS) is 18.9. The summed E-state index contributed by atoms with van der Waals surface area (Å²) in [5.74, 6) is 0.837. The second-order valence-corrected chi connectivity index (χ2v) is 5.60. The molecule has 1 saturated carbocycles. The molecule has 0 bridgehead atoms. The van der Waals surface area contributed by atoms with Crippen molar-refractivity contribution in [2.45, 2.75) is 38.7 Å². The molecule has 1 N–H and O–H groups in total. The third kappa shape index (κ3) is 2.74. The fourth-order valence-electron chi connectivity index (χ4n) is 2.30. The SMILES string of the molecule is CC(O)c1csc(N(C)CC2CCCC2)n1. The maximum Gasteiger partial charge on any atom is 0.185 e. The number of thiazole rings is 1. The molecule has 1 aromatic heterocycles. The Hall–Kier alpha value is -0.610. The van der Waals surface area contributed by atoms with Crippen LogP contribution >= 0.6 is 11.3 Å². The summed E-state index contributed by atoms with van der Waals surface area (Å²) >= 11 is 1.62. The van der Waals surface area contributed by atoms with Crippen molar-refractivity contribution in [3.05, 3.63) is 11.1 Å². The van der Waals surface area contributed by atoms with Crippen molar-refractivity contribution < 1.29 is 5.11 Å². The number of hydrogen-bond donors (Lipinski definition) is 1. The maximum absolute atomic E-state index is 9.43. The van der Waals surface area contributed by atoms with Crippen LogP contribution in [0.25, 0.3) is 0 Å². The van der Waals surface area contributed by atoms with Crippen LogP contribution in [0.2, 0.25) is 0 Å². The van der Waals surface area contributed by atoms with E-state index >= 15 is 0 Å². The summed E-state index contributed by atoms with van der Waals surface area (Å²) in [4.78, 5) is 6.67. The average molecular weight is 240 g/mol. The third-order valence-electron chi connectivity index (χ3n) is 3.27. The second kappa shape index (κ2) is 5.15. The van der Waals surface area contributed by atoms with Crippen LogP contribution in [0.3, 0.4) is 0 Å². The summed E-state index contributed by atoms with van der Waals surface area (Å²) < 4.78 is 0. The van der Waals surface area contributed by atoms with Crippen molar-refractivity contribution in [3.63, 3.8) is 0 Å². The van der Waals surface area contributed by atoms with E-state index in [1.807, 2.05) is 5.38 Å². The van der Waals surface area contributed by atoms with E-state index in [0.29, 0.717) is 0 Å². The Balaban J connectivity index is 1.94. The van der Waals surface area contributed by atoms with E-state index in [9.17, 15) is 5.11 Å². The van der Waals surface area contributed by atoms with Gasteiger partial charge in [-0.2, -0.15) is 0 Å². The molecule has 0 aliphatic heterocycles. The van der Waals surface area contributed by atoms with E-state index in [0.717, 1.165) is 23.3 Å². The summed E-state index contributed by atoms with van der Waals surface area (Å²) in [7, 11) is 2.10. The lowest BCUT2D eigenvalue weighted by Gasteiger charge is -2.19. The van der Waals surface area contributed by atoms with Crippen molar-refractivity contribution in [3.8, 4) is 0 Å². The van der Waals surface area contributed by atoms with Crippen molar-refractivity contribution in [2.75, 3.05) is 18.5 Å². The van der Waals surface area contributed by atoms with Crippen LogP contribution in [0.15, 0.2) is 5.38 Å². The lowest BCUT2D eigenvalue weighted by atomic mass is 10.1. The van der Waals surface area contributed by atoms with Crippen molar-refractivity contribution in [2.24, 2.45) is 5.92 Å². The Kier molecular flexibility index (Phi) is 3.82. The summed E-state index contributed by atoms with van der Waals surface area (Å²) in [6.07, 6.45) is 5.03. The molecule has 1 aromatic rings. The summed E-state index contributed by atoms with van der Waals surface area (Å²) in [5, 5.41) is 12.4. The predicted octanol–water partition coefficient (Wildman–Crippen LogP) is 2.82. The molecule has 0 aromatic carbocycles. The number of aromatic nitrogens is 1. The van der Waals surface area contributed by atoms with Crippen molar-refractivity contribution >= 4 is 16.5 Å². The Bertz CT molecular complexity index is 332. The Morgan fingerprint density at radius 3 is 2.81 bits per heavy atom.